The van der Waals surface area contributed by atoms with E-state index in [0.29, 0.717) is 12.8 Å². The lowest BCUT2D eigenvalue weighted by Crippen LogP contribution is -2.64. The van der Waals surface area contributed by atoms with E-state index in [1.807, 2.05) is 0 Å². The van der Waals surface area contributed by atoms with Gasteiger partial charge in [0.05, 0.1) is 6.61 Å². The van der Waals surface area contributed by atoms with Crippen LogP contribution >= 0.6 is 7.82 Å². The molecule has 0 aromatic carbocycles. The van der Waals surface area contributed by atoms with Crippen LogP contribution in [-0.4, -0.2) is 98.3 Å². The smallest absolute Gasteiger partial charge is 0.462 e. The number of carbonyl (C=O) groups is 2. The molecule has 0 bridgehead atoms. The highest BCUT2D eigenvalue weighted by atomic mass is 31.2. The summed E-state index contributed by atoms with van der Waals surface area (Å²) in [5, 5.41) is 50.0. The van der Waals surface area contributed by atoms with Crippen molar-refractivity contribution in [1.29, 1.82) is 0 Å². The molecule has 1 fully saturated rings. The van der Waals surface area contributed by atoms with Gasteiger partial charge in [-0.05, 0) is 12.8 Å². The number of hydrogen-bond donors (Lipinski definition) is 6. The fourth-order valence-electron chi connectivity index (χ4n) is 7.23. The Morgan fingerprint density at radius 1 is 0.474 bits per heavy atom. The van der Waals surface area contributed by atoms with Crippen molar-refractivity contribution >= 4 is 19.8 Å². The molecule has 0 heterocycles. The summed E-state index contributed by atoms with van der Waals surface area (Å²) in [5.74, 6) is -1.09. The Balaban J connectivity index is 2.38. The van der Waals surface area contributed by atoms with Gasteiger partial charge in [-0.1, -0.05) is 181 Å². The zero-order chi connectivity index (χ0) is 42.2. The molecule has 6 unspecified atom stereocenters. The van der Waals surface area contributed by atoms with Gasteiger partial charge >= 0.3 is 19.8 Å². The van der Waals surface area contributed by atoms with E-state index >= 15 is 0 Å². The second kappa shape index (κ2) is 34.6. The van der Waals surface area contributed by atoms with Gasteiger partial charge in [0.2, 0.25) is 0 Å². The predicted molar refractivity (Wildman–Crippen MR) is 221 cm³/mol. The van der Waals surface area contributed by atoms with Gasteiger partial charge in [-0.25, -0.2) is 4.57 Å². The van der Waals surface area contributed by atoms with Crippen molar-refractivity contribution in [2.45, 2.75) is 249 Å². The van der Waals surface area contributed by atoms with Gasteiger partial charge in [0.25, 0.3) is 0 Å². The number of rotatable bonds is 38. The molecule has 0 amide bonds. The summed E-state index contributed by atoms with van der Waals surface area (Å²) < 4.78 is 33.4. The first-order valence-electron chi connectivity index (χ1n) is 22.8. The Bertz CT molecular complexity index is 1020. The molecule has 8 atom stereocenters. The van der Waals surface area contributed by atoms with Gasteiger partial charge in [0, 0.05) is 12.8 Å². The van der Waals surface area contributed by atoms with Crippen LogP contribution in [0.1, 0.15) is 206 Å². The summed E-state index contributed by atoms with van der Waals surface area (Å²) in [6.07, 6.45) is 20.4. The standard InChI is InChI=1S/C43H83O13P/c1-3-5-7-9-11-13-14-15-16-17-18-19-20-21-22-24-25-27-29-31-36(44)53-33-35(55-37(45)32-30-28-26-23-12-10-8-6-4-2)34-54-57(51,52)56-43-41(49)39(47)38(46)40(48)42(43)50/h35,38-43,46-50H,3-34H2,1-2H3,(H,51,52)/t35-,38?,39-,40?,41?,42?,43?/m0/s1. The van der Waals surface area contributed by atoms with E-state index in [2.05, 4.69) is 13.8 Å². The second-order valence-corrected chi connectivity index (χ2v) is 17.7. The molecule has 57 heavy (non-hydrogen) atoms. The molecule has 0 radical (unpaired) electrons. The number of hydrogen-bond acceptors (Lipinski definition) is 12. The molecule has 0 spiro atoms. The van der Waals surface area contributed by atoms with Gasteiger partial charge in [0.1, 0.15) is 43.2 Å². The number of aliphatic hydroxyl groups excluding tert-OH is 5. The zero-order valence-corrected chi connectivity index (χ0v) is 36.6. The van der Waals surface area contributed by atoms with Crippen molar-refractivity contribution in [1.82, 2.24) is 0 Å². The van der Waals surface area contributed by atoms with Crippen LogP contribution in [0.25, 0.3) is 0 Å². The van der Waals surface area contributed by atoms with Crippen molar-refractivity contribution in [2.24, 2.45) is 0 Å². The van der Waals surface area contributed by atoms with Crippen molar-refractivity contribution in [2.75, 3.05) is 13.2 Å². The number of phosphoric ester groups is 1. The molecular formula is C43H83O13P. The maximum absolute atomic E-state index is 12.8. The van der Waals surface area contributed by atoms with Gasteiger partial charge in [-0.15, -0.1) is 0 Å². The van der Waals surface area contributed by atoms with Crippen LogP contribution in [0.5, 0.6) is 0 Å². The highest BCUT2D eigenvalue weighted by molar-refractivity contribution is 7.47. The van der Waals surface area contributed by atoms with E-state index in [-0.39, 0.29) is 12.8 Å². The molecule has 1 aliphatic rings. The van der Waals surface area contributed by atoms with E-state index in [1.165, 1.54) is 122 Å². The van der Waals surface area contributed by atoms with Crippen LogP contribution in [-0.2, 0) is 32.7 Å². The second-order valence-electron chi connectivity index (χ2n) is 16.3. The molecule has 14 heteroatoms. The van der Waals surface area contributed by atoms with Crippen molar-refractivity contribution in [3.05, 3.63) is 0 Å². The summed E-state index contributed by atoms with van der Waals surface area (Å²) in [6.45, 7) is 3.28. The molecule has 1 aliphatic carbocycles. The number of aliphatic hydroxyl groups is 5. The van der Waals surface area contributed by atoms with Crippen LogP contribution < -0.4 is 0 Å². The number of carbonyl (C=O) groups excluding carboxylic acids is 2. The molecule has 0 aromatic rings. The van der Waals surface area contributed by atoms with Crippen molar-refractivity contribution in [3.8, 4) is 0 Å². The van der Waals surface area contributed by atoms with Gasteiger partial charge in [-0.3, -0.25) is 18.6 Å². The third-order valence-electron chi connectivity index (χ3n) is 10.9. The average Bonchev–Trinajstić information content (AvgIpc) is 3.19. The minimum atomic E-state index is -5.10. The maximum Gasteiger partial charge on any atom is 0.472 e. The SMILES string of the molecule is CCCCCCCCCCCCCCCCCCCCCC(=O)OC[C@@H](COP(=O)(O)OC1C(O)C(O)C(O)[C@H](O)C1O)OC(=O)CCCCCCCCCCC. The van der Waals surface area contributed by atoms with Crippen LogP contribution in [0.4, 0.5) is 0 Å². The van der Waals surface area contributed by atoms with Gasteiger partial charge in [-0.2, -0.15) is 0 Å². The minimum absolute atomic E-state index is 0.103. The molecule has 0 saturated heterocycles. The monoisotopic (exact) mass is 839 g/mol. The molecule has 13 nitrogen and oxygen atoms in total. The maximum atomic E-state index is 12.8. The molecule has 338 valence electrons. The Morgan fingerprint density at radius 2 is 0.789 bits per heavy atom. The van der Waals surface area contributed by atoms with Crippen molar-refractivity contribution in [3.63, 3.8) is 0 Å². The molecule has 0 aliphatic heterocycles. The van der Waals surface area contributed by atoms with E-state index in [4.69, 9.17) is 18.5 Å². The average molecular weight is 839 g/mol. The fourth-order valence-corrected chi connectivity index (χ4v) is 8.20. The highest BCUT2D eigenvalue weighted by Gasteiger charge is 2.51. The highest BCUT2D eigenvalue weighted by Crippen LogP contribution is 2.47. The Kier molecular flexibility index (Phi) is 32.7. The summed E-state index contributed by atoms with van der Waals surface area (Å²) >= 11 is 0. The summed E-state index contributed by atoms with van der Waals surface area (Å²) in [7, 11) is -5.10. The Hall–Kier alpha value is -1.15. The van der Waals surface area contributed by atoms with E-state index in [1.54, 1.807) is 0 Å². The number of phosphoric acid groups is 1. The topological polar surface area (TPSA) is 210 Å². The molecule has 6 N–H and O–H groups in total. The van der Waals surface area contributed by atoms with Crippen LogP contribution in [0.3, 0.4) is 0 Å². The summed E-state index contributed by atoms with van der Waals surface area (Å²) in [4.78, 5) is 35.5. The summed E-state index contributed by atoms with van der Waals surface area (Å²) in [5.41, 5.74) is 0. The molecular weight excluding hydrogens is 755 g/mol. The lowest BCUT2D eigenvalue weighted by Gasteiger charge is -2.41. The predicted octanol–water partition coefficient (Wildman–Crippen LogP) is 8.50. The number of ether oxygens (including phenoxy) is 2. The van der Waals surface area contributed by atoms with Gasteiger partial charge in [0.15, 0.2) is 6.10 Å². The minimum Gasteiger partial charge on any atom is -0.462 e. The number of unbranched alkanes of at least 4 members (excludes halogenated alkanes) is 26. The van der Waals surface area contributed by atoms with Crippen LogP contribution in [0.15, 0.2) is 0 Å². The van der Waals surface area contributed by atoms with E-state index in [9.17, 15) is 44.6 Å². The first-order valence-corrected chi connectivity index (χ1v) is 24.3. The third kappa shape index (κ3) is 27.3. The lowest BCUT2D eigenvalue weighted by molar-refractivity contribution is -0.220. The third-order valence-corrected chi connectivity index (χ3v) is 11.9. The molecule has 1 saturated carbocycles. The molecule has 0 aromatic heterocycles. The lowest BCUT2D eigenvalue weighted by atomic mass is 9.85. The first kappa shape index (κ1) is 53.9. The van der Waals surface area contributed by atoms with Gasteiger partial charge < -0.3 is 39.9 Å². The fraction of sp³-hybridized carbons (Fsp3) is 0.953. The quantitative estimate of drug-likeness (QED) is 0.0196. The Labute approximate surface area is 344 Å². The van der Waals surface area contributed by atoms with Crippen LogP contribution in [0, 0.1) is 0 Å². The largest absolute Gasteiger partial charge is 0.472 e. The van der Waals surface area contributed by atoms with E-state index in [0.717, 1.165) is 44.9 Å². The number of esters is 2. The molecule has 1 rings (SSSR count). The van der Waals surface area contributed by atoms with Crippen LogP contribution in [0.2, 0.25) is 0 Å². The Morgan fingerprint density at radius 3 is 1.16 bits per heavy atom. The summed E-state index contributed by atoms with van der Waals surface area (Å²) in [6, 6.07) is 0. The van der Waals surface area contributed by atoms with Crippen molar-refractivity contribution < 1.29 is 63.1 Å². The zero-order valence-electron chi connectivity index (χ0n) is 35.7. The van der Waals surface area contributed by atoms with E-state index < -0.39 is 75.7 Å². The first-order chi connectivity index (χ1) is 27.4. The normalized spacial score (nSPS) is 22.6.